The second kappa shape index (κ2) is 5.60. The molecule has 0 aromatic carbocycles. The fourth-order valence-electron chi connectivity index (χ4n) is 1.75. The van der Waals surface area contributed by atoms with Gasteiger partial charge in [-0.2, -0.15) is 0 Å². The predicted octanol–water partition coefficient (Wildman–Crippen LogP) is 2.79. The van der Waals surface area contributed by atoms with Crippen LogP contribution < -0.4 is 4.74 Å². The number of alkyl halides is 2. The average Bonchev–Trinajstić information content (AvgIpc) is 2.46. The van der Waals surface area contributed by atoms with Gasteiger partial charge in [0.05, 0.1) is 18.9 Å². The first-order valence-electron chi connectivity index (χ1n) is 5.54. The second-order valence-electron chi connectivity index (χ2n) is 3.84. The maximum Gasteiger partial charge on any atom is 0.336 e. The number of halogens is 2. The van der Waals surface area contributed by atoms with Crippen molar-refractivity contribution >= 4 is 5.97 Å². The van der Waals surface area contributed by atoms with Gasteiger partial charge in [0.1, 0.15) is 11.4 Å². The zero-order valence-electron chi connectivity index (χ0n) is 10.4. The van der Waals surface area contributed by atoms with Gasteiger partial charge in [-0.3, -0.25) is 9.97 Å². The van der Waals surface area contributed by atoms with Crippen LogP contribution >= 0.6 is 0 Å². The lowest BCUT2D eigenvalue weighted by Crippen LogP contribution is -2.02. The molecule has 0 saturated heterocycles. The van der Waals surface area contributed by atoms with Crippen molar-refractivity contribution in [2.45, 2.75) is 6.43 Å². The molecule has 20 heavy (non-hydrogen) atoms. The van der Waals surface area contributed by atoms with Crippen LogP contribution in [0.25, 0.3) is 11.1 Å². The van der Waals surface area contributed by atoms with E-state index >= 15 is 0 Å². The molecular weight excluding hydrogens is 270 g/mol. The molecule has 0 unspecified atom stereocenters. The Morgan fingerprint density at radius 1 is 1.35 bits per heavy atom. The number of rotatable bonds is 4. The summed E-state index contributed by atoms with van der Waals surface area (Å²) in [4.78, 5) is 18.6. The van der Waals surface area contributed by atoms with Crippen molar-refractivity contribution in [2.24, 2.45) is 0 Å². The van der Waals surface area contributed by atoms with Gasteiger partial charge in [0.25, 0.3) is 6.43 Å². The minimum atomic E-state index is -2.76. The summed E-state index contributed by atoms with van der Waals surface area (Å²) in [5.74, 6) is -0.982. The minimum Gasteiger partial charge on any atom is -0.494 e. The largest absolute Gasteiger partial charge is 0.494 e. The third-order valence-corrected chi connectivity index (χ3v) is 2.67. The van der Waals surface area contributed by atoms with E-state index in [1.807, 2.05) is 0 Å². The Morgan fingerprint density at radius 3 is 2.70 bits per heavy atom. The van der Waals surface area contributed by atoms with Gasteiger partial charge in [-0.25, -0.2) is 13.6 Å². The maximum absolute atomic E-state index is 12.7. The number of nitrogens with zero attached hydrogens (tertiary/aromatic N) is 2. The van der Waals surface area contributed by atoms with Crippen molar-refractivity contribution in [1.82, 2.24) is 9.97 Å². The minimum absolute atomic E-state index is 0.0512. The summed E-state index contributed by atoms with van der Waals surface area (Å²) in [7, 11) is 1.35. The van der Waals surface area contributed by atoms with Crippen LogP contribution in [-0.2, 0) is 0 Å². The highest BCUT2D eigenvalue weighted by molar-refractivity contribution is 5.96. The van der Waals surface area contributed by atoms with Crippen LogP contribution in [0, 0.1) is 0 Å². The molecule has 0 atom stereocenters. The molecule has 0 aliphatic carbocycles. The predicted molar refractivity (Wildman–Crippen MR) is 65.9 cm³/mol. The number of carboxylic acid groups (broad SMARTS) is 1. The van der Waals surface area contributed by atoms with Crippen LogP contribution in [0.4, 0.5) is 8.78 Å². The molecule has 0 amide bonds. The van der Waals surface area contributed by atoms with Crippen LogP contribution in [0.1, 0.15) is 22.5 Å². The number of aromatic nitrogens is 2. The van der Waals surface area contributed by atoms with Gasteiger partial charge in [0, 0.05) is 23.5 Å². The zero-order valence-corrected chi connectivity index (χ0v) is 10.4. The molecule has 1 N–H and O–H groups in total. The topological polar surface area (TPSA) is 72.3 Å². The van der Waals surface area contributed by atoms with E-state index in [0.29, 0.717) is 0 Å². The Kier molecular flexibility index (Phi) is 3.88. The zero-order chi connectivity index (χ0) is 14.7. The first kappa shape index (κ1) is 13.9. The fourth-order valence-corrected chi connectivity index (χ4v) is 1.75. The summed E-state index contributed by atoms with van der Waals surface area (Å²) < 4.78 is 30.5. The summed E-state index contributed by atoms with van der Waals surface area (Å²) in [5, 5.41) is 9.14. The first-order valence-corrected chi connectivity index (χ1v) is 5.54. The lowest BCUT2D eigenvalue weighted by Gasteiger charge is -2.11. The SMILES string of the molecule is COc1cnc(C(F)F)cc1-c1cnccc1C(=O)O. The van der Waals surface area contributed by atoms with E-state index in [0.717, 1.165) is 12.3 Å². The van der Waals surface area contributed by atoms with E-state index in [4.69, 9.17) is 9.84 Å². The Labute approximate surface area is 112 Å². The number of aromatic carboxylic acids is 1. The Bertz CT molecular complexity index is 647. The number of methoxy groups -OCH3 is 1. The summed E-state index contributed by atoms with van der Waals surface area (Å²) in [6.07, 6.45) is 0.977. The van der Waals surface area contributed by atoms with E-state index < -0.39 is 18.1 Å². The summed E-state index contributed by atoms with van der Waals surface area (Å²) >= 11 is 0. The molecule has 0 fully saturated rings. The van der Waals surface area contributed by atoms with Crippen molar-refractivity contribution in [3.05, 3.63) is 42.0 Å². The van der Waals surface area contributed by atoms with Gasteiger partial charge in [-0.15, -0.1) is 0 Å². The van der Waals surface area contributed by atoms with Gasteiger partial charge in [0.15, 0.2) is 0 Å². The number of hydrogen-bond acceptors (Lipinski definition) is 4. The number of ether oxygens (including phenoxy) is 1. The number of carboxylic acids is 1. The molecule has 2 aromatic rings. The highest BCUT2D eigenvalue weighted by atomic mass is 19.3. The van der Waals surface area contributed by atoms with Gasteiger partial charge in [-0.05, 0) is 12.1 Å². The molecule has 7 heteroatoms. The van der Waals surface area contributed by atoms with E-state index in [1.165, 1.54) is 25.6 Å². The summed E-state index contributed by atoms with van der Waals surface area (Å²) in [6, 6.07) is 2.40. The average molecular weight is 280 g/mol. The molecule has 0 saturated carbocycles. The third-order valence-electron chi connectivity index (χ3n) is 2.67. The van der Waals surface area contributed by atoms with Crippen LogP contribution in [0.2, 0.25) is 0 Å². The Balaban J connectivity index is 2.67. The van der Waals surface area contributed by atoms with Gasteiger partial charge >= 0.3 is 5.97 Å². The van der Waals surface area contributed by atoms with Crippen LogP contribution in [0.5, 0.6) is 5.75 Å². The van der Waals surface area contributed by atoms with E-state index in [-0.39, 0.29) is 22.4 Å². The molecule has 0 aliphatic rings. The lowest BCUT2D eigenvalue weighted by atomic mass is 10.0. The van der Waals surface area contributed by atoms with E-state index in [1.54, 1.807) is 0 Å². The molecule has 0 bridgehead atoms. The van der Waals surface area contributed by atoms with Crippen LogP contribution in [-0.4, -0.2) is 28.2 Å². The lowest BCUT2D eigenvalue weighted by molar-refractivity contribution is 0.0697. The molecule has 0 spiro atoms. The van der Waals surface area contributed by atoms with Gasteiger partial charge in [0.2, 0.25) is 0 Å². The van der Waals surface area contributed by atoms with Gasteiger partial charge in [-0.1, -0.05) is 0 Å². The quantitative estimate of drug-likeness (QED) is 0.932. The van der Waals surface area contributed by atoms with Crippen molar-refractivity contribution < 1.29 is 23.4 Å². The van der Waals surface area contributed by atoms with Crippen molar-refractivity contribution in [1.29, 1.82) is 0 Å². The van der Waals surface area contributed by atoms with Crippen molar-refractivity contribution in [3.63, 3.8) is 0 Å². The monoisotopic (exact) mass is 280 g/mol. The first-order chi connectivity index (χ1) is 9.54. The standard InChI is InChI=1S/C13H10F2N2O3/c1-20-11-6-17-10(12(14)15)4-8(11)9-5-16-3-2-7(9)13(18)19/h2-6,12H,1H3,(H,18,19). The highest BCUT2D eigenvalue weighted by Gasteiger charge is 2.18. The summed E-state index contributed by atoms with van der Waals surface area (Å²) in [6.45, 7) is 0. The fraction of sp³-hybridized carbons (Fsp3) is 0.154. The second-order valence-corrected chi connectivity index (χ2v) is 3.84. The molecule has 0 aliphatic heterocycles. The smallest absolute Gasteiger partial charge is 0.336 e. The van der Waals surface area contributed by atoms with Gasteiger partial charge < -0.3 is 9.84 Å². The molecule has 2 heterocycles. The molecule has 5 nitrogen and oxygen atoms in total. The number of hydrogen-bond donors (Lipinski definition) is 1. The normalized spacial score (nSPS) is 10.6. The van der Waals surface area contributed by atoms with Crippen molar-refractivity contribution in [3.8, 4) is 16.9 Å². The Hall–Kier alpha value is -2.57. The van der Waals surface area contributed by atoms with Crippen LogP contribution in [0.3, 0.4) is 0 Å². The number of pyridine rings is 2. The molecular formula is C13H10F2N2O3. The van der Waals surface area contributed by atoms with E-state index in [9.17, 15) is 13.6 Å². The third kappa shape index (κ3) is 2.56. The number of carbonyl (C=O) groups is 1. The maximum atomic E-state index is 12.7. The Morgan fingerprint density at radius 2 is 2.10 bits per heavy atom. The molecule has 2 rings (SSSR count). The van der Waals surface area contributed by atoms with E-state index in [2.05, 4.69) is 9.97 Å². The van der Waals surface area contributed by atoms with Crippen molar-refractivity contribution in [2.75, 3.05) is 7.11 Å². The van der Waals surface area contributed by atoms with Crippen LogP contribution in [0.15, 0.2) is 30.7 Å². The molecule has 104 valence electrons. The highest BCUT2D eigenvalue weighted by Crippen LogP contribution is 2.33. The molecule has 2 aromatic heterocycles. The molecule has 0 radical (unpaired) electrons. The summed E-state index contributed by atoms with van der Waals surface area (Å²) in [5.41, 5.74) is -0.102.